The van der Waals surface area contributed by atoms with E-state index in [1.165, 1.54) is 173 Å². The van der Waals surface area contributed by atoms with Crippen LogP contribution in [0.5, 0.6) is 0 Å². The Labute approximate surface area is 256 Å². The average Bonchev–Trinajstić information content (AvgIpc) is 3.53. The number of H-pyrrole nitrogens is 1. The van der Waals surface area contributed by atoms with Crippen LogP contribution in [-0.4, -0.2) is 4.98 Å². The van der Waals surface area contributed by atoms with Gasteiger partial charge < -0.3 is 0 Å². The topological polar surface area (TPSA) is 19.7 Å². The maximum Gasteiger partial charge on any atom is 0.241 e. The minimum absolute atomic E-state index is 0.605. The van der Waals surface area contributed by atoms with E-state index in [9.17, 15) is 0 Å². The van der Waals surface area contributed by atoms with Crippen molar-refractivity contribution in [1.29, 1.82) is 0 Å². The van der Waals surface area contributed by atoms with Gasteiger partial charge in [0.15, 0.2) is 0 Å². The molecule has 41 heavy (non-hydrogen) atoms. The molecular formula is C39H69N2+. The quantitative estimate of drug-likeness (QED) is 0.0747. The summed E-state index contributed by atoms with van der Waals surface area (Å²) in [6.07, 6.45) is 43.3. The van der Waals surface area contributed by atoms with Crippen molar-refractivity contribution < 1.29 is 4.57 Å². The first kappa shape index (κ1) is 35.6. The number of benzene rings is 1. The summed E-state index contributed by atoms with van der Waals surface area (Å²) < 4.78 is 2.50. The zero-order chi connectivity index (χ0) is 29.1. The number of imidazole rings is 1. The minimum atomic E-state index is 0.605. The Morgan fingerprint density at radius 2 is 0.976 bits per heavy atom. The van der Waals surface area contributed by atoms with Crippen LogP contribution in [0.4, 0.5) is 0 Å². The van der Waals surface area contributed by atoms with Crippen LogP contribution in [0.15, 0.2) is 49.1 Å². The molecule has 0 amide bonds. The number of aromatic amines is 1. The number of nitrogens with one attached hydrogen (secondary N) is 1. The zero-order valence-corrected chi connectivity index (χ0v) is 27.6. The molecular weight excluding hydrogens is 496 g/mol. The maximum absolute atomic E-state index is 3.34. The van der Waals surface area contributed by atoms with Crippen molar-refractivity contribution in [2.45, 2.75) is 187 Å². The largest absolute Gasteiger partial charge is 0.250 e. The molecule has 0 aliphatic heterocycles. The van der Waals surface area contributed by atoms with Gasteiger partial charge in [-0.25, -0.2) is 4.57 Å². The van der Waals surface area contributed by atoms with Gasteiger partial charge in [-0.2, -0.15) is 0 Å². The Balaban J connectivity index is 1.66. The summed E-state index contributed by atoms with van der Waals surface area (Å²) in [7, 11) is 0. The molecule has 0 saturated carbocycles. The molecule has 0 aliphatic carbocycles. The van der Waals surface area contributed by atoms with Gasteiger partial charge in [-0.05, 0) is 31.2 Å². The lowest BCUT2D eigenvalue weighted by Crippen LogP contribution is -2.42. The second-order valence-corrected chi connectivity index (χ2v) is 13.1. The predicted molar refractivity (Wildman–Crippen MR) is 180 cm³/mol. The molecule has 0 aliphatic rings. The number of nitrogens with zero attached hydrogens (tertiary/aromatic N) is 1. The number of aromatic nitrogens is 2. The van der Waals surface area contributed by atoms with E-state index < -0.39 is 0 Å². The van der Waals surface area contributed by atoms with E-state index >= 15 is 0 Å². The van der Waals surface area contributed by atoms with E-state index in [1.54, 1.807) is 0 Å². The van der Waals surface area contributed by atoms with Gasteiger partial charge in [0.1, 0.15) is 18.4 Å². The van der Waals surface area contributed by atoms with Crippen LogP contribution >= 0.6 is 0 Å². The highest BCUT2D eigenvalue weighted by Crippen LogP contribution is 2.29. The van der Waals surface area contributed by atoms with Crippen molar-refractivity contribution in [2.24, 2.45) is 5.92 Å². The first-order valence-electron chi connectivity index (χ1n) is 18.4. The molecule has 2 rings (SSSR count). The Morgan fingerprint density at radius 1 is 0.537 bits per heavy atom. The average molecular weight is 566 g/mol. The van der Waals surface area contributed by atoms with Crippen LogP contribution in [0.1, 0.15) is 186 Å². The van der Waals surface area contributed by atoms with Gasteiger partial charge in [0.25, 0.3) is 0 Å². The first-order valence-corrected chi connectivity index (χ1v) is 18.4. The molecule has 1 heterocycles. The van der Waals surface area contributed by atoms with E-state index in [-0.39, 0.29) is 0 Å². The van der Waals surface area contributed by atoms with Gasteiger partial charge in [-0.3, -0.25) is 4.98 Å². The summed E-state index contributed by atoms with van der Waals surface area (Å²) in [4.78, 5) is 3.34. The van der Waals surface area contributed by atoms with Crippen LogP contribution in [-0.2, 0) is 6.42 Å². The van der Waals surface area contributed by atoms with Crippen LogP contribution in [0.3, 0.4) is 0 Å². The van der Waals surface area contributed by atoms with Crippen LogP contribution in [0.25, 0.3) is 0 Å². The van der Waals surface area contributed by atoms with Crippen molar-refractivity contribution in [3.63, 3.8) is 0 Å². The molecule has 0 saturated heterocycles. The molecule has 1 N–H and O–H groups in total. The van der Waals surface area contributed by atoms with Crippen molar-refractivity contribution in [1.82, 2.24) is 4.98 Å². The highest BCUT2D eigenvalue weighted by atomic mass is 15.1. The van der Waals surface area contributed by atoms with Gasteiger partial charge in [0.2, 0.25) is 6.33 Å². The van der Waals surface area contributed by atoms with Gasteiger partial charge in [0, 0.05) is 5.92 Å². The monoisotopic (exact) mass is 566 g/mol. The molecule has 0 radical (unpaired) electrons. The third-order valence-corrected chi connectivity index (χ3v) is 9.37. The fourth-order valence-corrected chi connectivity index (χ4v) is 6.75. The van der Waals surface area contributed by atoms with Crippen LogP contribution in [0, 0.1) is 5.92 Å². The lowest BCUT2D eigenvalue weighted by molar-refractivity contribution is -0.730. The van der Waals surface area contributed by atoms with Gasteiger partial charge in [0.05, 0.1) is 0 Å². The fraction of sp³-hybridized carbons (Fsp3) is 0.769. The summed E-state index contributed by atoms with van der Waals surface area (Å²) in [5, 5.41) is 0. The van der Waals surface area contributed by atoms with Gasteiger partial charge >= 0.3 is 0 Å². The highest BCUT2D eigenvalue weighted by Gasteiger charge is 2.26. The maximum atomic E-state index is 3.34. The summed E-state index contributed by atoms with van der Waals surface area (Å²) in [5.41, 5.74) is 1.51. The van der Waals surface area contributed by atoms with Crippen molar-refractivity contribution in [2.75, 3.05) is 0 Å². The van der Waals surface area contributed by atoms with E-state index in [1.807, 2.05) is 0 Å². The Morgan fingerprint density at radius 3 is 1.41 bits per heavy atom. The molecule has 2 nitrogen and oxygen atoms in total. The molecule has 2 aromatic rings. The lowest BCUT2D eigenvalue weighted by Gasteiger charge is -2.25. The molecule has 0 fully saturated rings. The Bertz CT molecular complexity index is 768. The normalized spacial score (nSPS) is 13.0. The number of hydrogen-bond acceptors (Lipinski definition) is 0. The van der Waals surface area contributed by atoms with E-state index in [0.717, 1.165) is 0 Å². The van der Waals surface area contributed by atoms with Gasteiger partial charge in [-0.1, -0.05) is 185 Å². The summed E-state index contributed by atoms with van der Waals surface area (Å²) in [5.74, 6) is 0.713. The summed E-state index contributed by atoms with van der Waals surface area (Å²) in [6, 6.07) is 11.9. The second-order valence-electron chi connectivity index (χ2n) is 13.1. The van der Waals surface area contributed by atoms with Crippen molar-refractivity contribution in [3.05, 3.63) is 54.6 Å². The molecule has 1 aromatic heterocycles. The standard InChI is InChI=1S/C39H68N2/c1-3-5-7-9-11-12-13-14-15-16-17-18-19-21-23-28-32-39(41-34-33-40-36-41)38(35-37-29-25-24-26-30-37)31-27-22-20-10-8-6-4-2/h24-26,29-30,33-34,36,38-39H,3-23,27-28,31-32,35H2,1-2H3/p+1. The molecule has 2 heteroatoms. The minimum Gasteiger partial charge on any atom is -0.250 e. The van der Waals surface area contributed by atoms with Crippen LogP contribution in [0.2, 0.25) is 0 Å². The summed E-state index contributed by atoms with van der Waals surface area (Å²) >= 11 is 0. The molecule has 0 spiro atoms. The van der Waals surface area contributed by atoms with E-state index in [2.05, 4.69) is 72.5 Å². The fourth-order valence-electron chi connectivity index (χ4n) is 6.75. The van der Waals surface area contributed by atoms with Crippen molar-refractivity contribution in [3.8, 4) is 0 Å². The molecule has 1 aromatic carbocycles. The lowest BCUT2D eigenvalue weighted by atomic mass is 9.84. The predicted octanol–water partition coefficient (Wildman–Crippen LogP) is 12.5. The van der Waals surface area contributed by atoms with E-state index in [4.69, 9.17) is 0 Å². The molecule has 0 bridgehead atoms. The number of hydrogen-bond donors (Lipinski definition) is 1. The third kappa shape index (κ3) is 18.6. The number of rotatable bonds is 29. The molecule has 2 atom stereocenters. The summed E-state index contributed by atoms with van der Waals surface area (Å²) in [6.45, 7) is 4.62. The Kier molecular flexibility index (Phi) is 22.7. The van der Waals surface area contributed by atoms with Gasteiger partial charge in [-0.15, -0.1) is 0 Å². The smallest absolute Gasteiger partial charge is 0.241 e. The first-order chi connectivity index (χ1) is 20.3. The zero-order valence-electron chi connectivity index (χ0n) is 27.6. The molecule has 2 unspecified atom stereocenters. The highest BCUT2D eigenvalue weighted by molar-refractivity contribution is 5.15. The van der Waals surface area contributed by atoms with E-state index in [0.29, 0.717) is 12.0 Å². The Hall–Kier alpha value is -1.57. The SMILES string of the molecule is CCCCCCCCCCCCCCCCCCC(C(CCCCCCCCC)Cc1ccccc1)[n+]1cc[nH]c1. The molecule has 234 valence electrons. The van der Waals surface area contributed by atoms with Crippen molar-refractivity contribution >= 4 is 0 Å². The number of unbranched alkanes of at least 4 members (excludes halogenated alkanes) is 21. The third-order valence-electron chi connectivity index (χ3n) is 9.37. The second kappa shape index (κ2) is 26.1. The van der Waals surface area contributed by atoms with Crippen LogP contribution < -0.4 is 4.57 Å².